The lowest BCUT2D eigenvalue weighted by molar-refractivity contribution is 0.717. The summed E-state index contributed by atoms with van der Waals surface area (Å²) in [5, 5.41) is 8.29. The van der Waals surface area contributed by atoms with Crippen LogP contribution in [-0.2, 0) is 12.8 Å². The molecule has 2 heteroatoms. The summed E-state index contributed by atoms with van der Waals surface area (Å²) in [6.07, 6.45) is 12.6. The first-order valence-corrected chi connectivity index (χ1v) is 9.17. The minimum absolute atomic E-state index is 1.01. The van der Waals surface area contributed by atoms with Crippen molar-refractivity contribution < 1.29 is 0 Å². The Kier molecular flexibility index (Phi) is 8.40. The number of allylic oxidation sites excluding steroid dienone is 1. The first-order chi connectivity index (χ1) is 12.3. The van der Waals surface area contributed by atoms with Crippen LogP contribution in [0, 0.1) is 0 Å². The fourth-order valence-electron chi connectivity index (χ4n) is 2.59. The van der Waals surface area contributed by atoms with Gasteiger partial charge in [0.25, 0.3) is 0 Å². The van der Waals surface area contributed by atoms with Crippen molar-refractivity contribution in [1.29, 1.82) is 0 Å². The van der Waals surface area contributed by atoms with Crippen LogP contribution in [0.25, 0.3) is 0 Å². The minimum Gasteiger partial charge on any atom is -0.159 e. The van der Waals surface area contributed by atoms with Crippen LogP contribution < -0.4 is 0 Å². The van der Waals surface area contributed by atoms with E-state index in [4.69, 9.17) is 0 Å². The van der Waals surface area contributed by atoms with Gasteiger partial charge in [0, 0.05) is 0 Å². The molecule has 2 rings (SSSR count). The van der Waals surface area contributed by atoms with Crippen molar-refractivity contribution in [2.24, 2.45) is 10.2 Å². The van der Waals surface area contributed by atoms with Crippen LogP contribution in [0.15, 0.2) is 71.4 Å². The molecule has 0 atom stereocenters. The fourth-order valence-corrected chi connectivity index (χ4v) is 2.59. The lowest BCUT2D eigenvalue weighted by Gasteiger charge is -2.00. The predicted molar refractivity (Wildman–Crippen MR) is 110 cm³/mol. The van der Waals surface area contributed by atoms with Crippen LogP contribution in [0.1, 0.15) is 54.9 Å². The van der Waals surface area contributed by atoms with Crippen molar-refractivity contribution in [3.63, 3.8) is 0 Å². The highest BCUT2D eigenvalue weighted by Gasteiger charge is 1.94. The molecule has 0 aliphatic carbocycles. The molecule has 130 valence electrons. The Labute approximate surface area is 152 Å². The van der Waals surface area contributed by atoms with E-state index in [2.05, 4.69) is 72.2 Å². The van der Waals surface area contributed by atoms with Crippen LogP contribution in [0.4, 0.5) is 0 Å². The molecule has 0 heterocycles. The molecule has 0 unspecified atom stereocenters. The lowest BCUT2D eigenvalue weighted by Crippen LogP contribution is -1.87. The number of benzene rings is 2. The Morgan fingerprint density at radius 3 is 1.76 bits per heavy atom. The Morgan fingerprint density at radius 2 is 1.28 bits per heavy atom. The highest BCUT2D eigenvalue weighted by atomic mass is 15.2. The maximum Gasteiger partial charge on any atom is 0.0568 e. The third kappa shape index (κ3) is 7.30. The molecule has 0 aromatic heterocycles. The predicted octanol–water partition coefficient (Wildman–Crippen LogP) is 5.99. The van der Waals surface area contributed by atoms with Gasteiger partial charge in [-0.05, 0) is 47.9 Å². The quantitative estimate of drug-likeness (QED) is 0.221. The number of hydrogen-bond donors (Lipinski definition) is 0. The lowest BCUT2D eigenvalue weighted by atomic mass is 10.1. The smallest absolute Gasteiger partial charge is 0.0568 e. The van der Waals surface area contributed by atoms with Crippen molar-refractivity contribution in [1.82, 2.24) is 0 Å². The molecule has 2 nitrogen and oxygen atoms in total. The summed E-state index contributed by atoms with van der Waals surface area (Å²) in [5.41, 5.74) is 4.85. The van der Waals surface area contributed by atoms with Gasteiger partial charge in [0.05, 0.1) is 12.4 Å². The molecule has 0 amide bonds. The van der Waals surface area contributed by atoms with Crippen LogP contribution in [0.3, 0.4) is 0 Å². The second-order valence-corrected chi connectivity index (χ2v) is 6.26. The topological polar surface area (TPSA) is 24.7 Å². The minimum atomic E-state index is 1.01. The molecule has 0 aliphatic heterocycles. The number of unbranched alkanes of at least 4 members (excludes halogenated alkanes) is 2. The molecule has 0 aliphatic rings. The van der Waals surface area contributed by atoms with E-state index in [1.54, 1.807) is 12.4 Å². The number of aryl methyl sites for hydroxylation is 2. The van der Waals surface area contributed by atoms with Crippen molar-refractivity contribution in [2.75, 3.05) is 0 Å². The Bertz CT molecular complexity index is 679. The van der Waals surface area contributed by atoms with Crippen molar-refractivity contribution >= 4 is 12.4 Å². The summed E-state index contributed by atoms with van der Waals surface area (Å²) in [7, 11) is 0. The van der Waals surface area contributed by atoms with Gasteiger partial charge in [0.1, 0.15) is 0 Å². The van der Waals surface area contributed by atoms with E-state index in [9.17, 15) is 0 Å². The Hall–Kier alpha value is -2.48. The number of hydrogen-bond acceptors (Lipinski definition) is 2. The highest BCUT2D eigenvalue weighted by molar-refractivity contribution is 5.82. The molecule has 25 heavy (non-hydrogen) atoms. The van der Waals surface area contributed by atoms with Crippen molar-refractivity contribution in [3.05, 3.63) is 83.4 Å². The summed E-state index contributed by atoms with van der Waals surface area (Å²) in [5.74, 6) is 0. The summed E-state index contributed by atoms with van der Waals surface area (Å²) in [6.45, 7) is 5.99. The van der Waals surface area contributed by atoms with E-state index in [1.807, 2.05) is 6.08 Å². The molecule has 2 aromatic carbocycles. The Balaban J connectivity index is 1.83. The SMILES string of the molecule is C=CCCc1ccc(C=NN=Cc2ccc(CCCCC)cc2)cc1. The second-order valence-electron chi connectivity index (χ2n) is 6.26. The summed E-state index contributed by atoms with van der Waals surface area (Å²) in [6, 6.07) is 17.0. The molecule has 0 spiro atoms. The average molecular weight is 332 g/mol. The van der Waals surface area contributed by atoms with E-state index in [1.165, 1.54) is 30.4 Å². The third-order valence-corrected chi connectivity index (χ3v) is 4.15. The van der Waals surface area contributed by atoms with Crippen molar-refractivity contribution in [2.45, 2.75) is 45.4 Å². The van der Waals surface area contributed by atoms with Crippen LogP contribution in [0.2, 0.25) is 0 Å². The van der Waals surface area contributed by atoms with Gasteiger partial charge in [-0.1, -0.05) is 74.4 Å². The van der Waals surface area contributed by atoms with E-state index in [0.29, 0.717) is 0 Å². The zero-order valence-corrected chi connectivity index (χ0v) is 15.2. The third-order valence-electron chi connectivity index (χ3n) is 4.15. The first-order valence-electron chi connectivity index (χ1n) is 9.17. The maximum atomic E-state index is 4.15. The zero-order chi connectivity index (χ0) is 17.7. The fraction of sp³-hybridized carbons (Fsp3) is 0.304. The van der Waals surface area contributed by atoms with Gasteiger partial charge in [-0.3, -0.25) is 0 Å². The van der Waals surface area contributed by atoms with Crippen molar-refractivity contribution in [3.8, 4) is 0 Å². The summed E-state index contributed by atoms with van der Waals surface area (Å²) < 4.78 is 0. The first kappa shape index (κ1) is 18.9. The molecule has 0 saturated carbocycles. The maximum absolute atomic E-state index is 4.15. The average Bonchev–Trinajstić information content (AvgIpc) is 2.66. The molecule has 0 bridgehead atoms. The molecular weight excluding hydrogens is 304 g/mol. The molecule has 0 radical (unpaired) electrons. The Morgan fingerprint density at radius 1 is 0.760 bits per heavy atom. The molecule has 0 fully saturated rings. The van der Waals surface area contributed by atoms with Gasteiger partial charge in [0.15, 0.2) is 0 Å². The van der Waals surface area contributed by atoms with Crippen LogP contribution in [0.5, 0.6) is 0 Å². The molecule has 0 N–H and O–H groups in total. The standard InChI is InChI=1S/C23H28N2/c1-3-5-7-9-21-12-16-23(17-13-21)19-25-24-18-22-14-10-20(11-15-22)8-6-4-2/h4,10-19H,2-3,5-9H2,1H3. The second kappa shape index (κ2) is 11.1. The van der Waals surface area contributed by atoms with Gasteiger partial charge in [-0.15, -0.1) is 6.58 Å². The van der Waals surface area contributed by atoms with Gasteiger partial charge in [-0.25, -0.2) is 0 Å². The molecule has 2 aromatic rings. The van der Waals surface area contributed by atoms with E-state index >= 15 is 0 Å². The van der Waals surface area contributed by atoms with Gasteiger partial charge >= 0.3 is 0 Å². The number of nitrogens with zero attached hydrogens (tertiary/aromatic N) is 2. The van der Waals surface area contributed by atoms with E-state index in [-0.39, 0.29) is 0 Å². The highest BCUT2D eigenvalue weighted by Crippen LogP contribution is 2.08. The largest absolute Gasteiger partial charge is 0.159 e. The molecular formula is C23H28N2. The summed E-state index contributed by atoms with van der Waals surface area (Å²) >= 11 is 0. The normalized spacial score (nSPS) is 11.4. The number of rotatable bonds is 10. The zero-order valence-electron chi connectivity index (χ0n) is 15.2. The molecule has 0 saturated heterocycles. The van der Waals surface area contributed by atoms with Gasteiger partial charge in [-0.2, -0.15) is 10.2 Å². The van der Waals surface area contributed by atoms with Crippen LogP contribution in [-0.4, -0.2) is 12.4 Å². The van der Waals surface area contributed by atoms with E-state index in [0.717, 1.165) is 30.4 Å². The van der Waals surface area contributed by atoms with Gasteiger partial charge < -0.3 is 0 Å². The monoisotopic (exact) mass is 332 g/mol. The van der Waals surface area contributed by atoms with E-state index < -0.39 is 0 Å². The summed E-state index contributed by atoms with van der Waals surface area (Å²) in [4.78, 5) is 0. The van der Waals surface area contributed by atoms with Gasteiger partial charge in [0.2, 0.25) is 0 Å². The van der Waals surface area contributed by atoms with Crippen LogP contribution >= 0.6 is 0 Å².